The van der Waals surface area contributed by atoms with Crippen LogP contribution in [0.5, 0.6) is 11.5 Å². The van der Waals surface area contributed by atoms with Gasteiger partial charge in [-0.05, 0) is 42.7 Å². The highest BCUT2D eigenvalue weighted by molar-refractivity contribution is 5.71. The van der Waals surface area contributed by atoms with Crippen molar-refractivity contribution >= 4 is 0 Å². The molecule has 3 aromatic rings. The molecular weight excluding hydrogens is 338 g/mol. The van der Waals surface area contributed by atoms with Gasteiger partial charge in [0, 0.05) is 43.5 Å². The maximum Gasteiger partial charge on any atom is 0.165 e. The molecule has 1 N–H and O–H groups in total. The molecule has 0 atom stereocenters. The average molecular weight is 363 g/mol. The summed E-state index contributed by atoms with van der Waals surface area (Å²) in [5, 5.41) is 14.9. The van der Waals surface area contributed by atoms with Crippen molar-refractivity contribution < 1.29 is 9.84 Å². The molecule has 4 rings (SSSR count). The number of phenolic OH excluding ortho intramolecular Hbond substituents is 1. The van der Waals surface area contributed by atoms with E-state index in [2.05, 4.69) is 42.0 Å². The van der Waals surface area contributed by atoms with E-state index < -0.39 is 0 Å². The molecular formula is C22H25N3O2. The molecule has 0 spiro atoms. The normalized spacial score (nSPS) is 14.5. The Bertz CT molecular complexity index is 978. The lowest BCUT2D eigenvalue weighted by molar-refractivity contribution is 0.217. The molecule has 0 bridgehead atoms. The van der Waals surface area contributed by atoms with Gasteiger partial charge in [-0.1, -0.05) is 24.3 Å². The highest BCUT2D eigenvalue weighted by Crippen LogP contribution is 2.38. The van der Waals surface area contributed by atoms with Gasteiger partial charge in [0.25, 0.3) is 0 Å². The number of aryl methyl sites for hydroxylation is 2. The maximum atomic E-state index is 10.6. The van der Waals surface area contributed by atoms with Gasteiger partial charge in [-0.15, -0.1) is 0 Å². The Morgan fingerprint density at radius 3 is 2.74 bits per heavy atom. The Labute approximate surface area is 159 Å². The van der Waals surface area contributed by atoms with Crippen molar-refractivity contribution in [3.63, 3.8) is 0 Å². The van der Waals surface area contributed by atoms with Crippen molar-refractivity contribution in [1.82, 2.24) is 14.7 Å². The standard InChI is InChI=1S/C22H25N3O2/c1-15-6-4-5-7-20(15)17-10-18-13-25(8-9-27-22(18)21(26)11-17)14-19-12-23-24(3)16(19)2/h4-7,10-12,26H,8-9,13-14H2,1-3H3. The minimum absolute atomic E-state index is 0.213. The monoisotopic (exact) mass is 363 g/mol. The predicted molar refractivity (Wildman–Crippen MR) is 106 cm³/mol. The molecule has 0 amide bonds. The summed E-state index contributed by atoms with van der Waals surface area (Å²) in [6.45, 7) is 7.10. The minimum Gasteiger partial charge on any atom is -0.504 e. The van der Waals surface area contributed by atoms with Gasteiger partial charge >= 0.3 is 0 Å². The largest absolute Gasteiger partial charge is 0.504 e. The number of ether oxygens (including phenoxy) is 1. The summed E-state index contributed by atoms with van der Waals surface area (Å²) < 4.78 is 7.79. The fourth-order valence-electron chi connectivity index (χ4n) is 3.68. The summed E-state index contributed by atoms with van der Waals surface area (Å²) in [6.07, 6.45) is 1.93. The number of fused-ring (bicyclic) bond motifs is 1. The van der Waals surface area contributed by atoms with E-state index in [4.69, 9.17) is 4.74 Å². The number of rotatable bonds is 3. The van der Waals surface area contributed by atoms with Gasteiger partial charge in [-0.2, -0.15) is 5.10 Å². The predicted octanol–water partition coefficient (Wildman–Crippen LogP) is 3.80. The van der Waals surface area contributed by atoms with Crippen LogP contribution in [0, 0.1) is 13.8 Å². The van der Waals surface area contributed by atoms with Crippen molar-refractivity contribution in [2.75, 3.05) is 13.2 Å². The van der Waals surface area contributed by atoms with Crippen LogP contribution in [-0.2, 0) is 20.1 Å². The van der Waals surface area contributed by atoms with Crippen LogP contribution in [0.1, 0.15) is 22.4 Å². The van der Waals surface area contributed by atoms with Gasteiger partial charge in [0.05, 0.1) is 6.20 Å². The molecule has 2 heterocycles. The lowest BCUT2D eigenvalue weighted by Gasteiger charge is -2.19. The molecule has 5 nitrogen and oxygen atoms in total. The van der Waals surface area contributed by atoms with Crippen molar-refractivity contribution in [1.29, 1.82) is 0 Å². The topological polar surface area (TPSA) is 50.5 Å². The zero-order chi connectivity index (χ0) is 19.0. The van der Waals surface area contributed by atoms with Crippen LogP contribution in [0.25, 0.3) is 11.1 Å². The van der Waals surface area contributed by atoms with Crippen LogP contribution in [0.4, 0.5) is 0 Å². The number of nitrogens with zero attached hydrogens (tertiary/aromatic N) is 3. The summed E-state index contributed by atoms with van der Waals surface area (Å²) in [4.78, 5) is 2.34. The minimum atomic E-state index is 0.213. The van der Waals surface area contributed by atoms with Crippen molar-refractivity contribution in [3.8, 4) is 22.6 Å². The maximum absolute atomic E-state index is 10.6. The highest BCUT2D eigenvalue weighted by Gasteiger charge is 2.21. The summed E-state index contributed by atoms with van der Waals surface area (Å²) in [5.74, 6) is 0.822. The first-order chi connectivity index (χ1) is 13.0. The zero-order valence-corrected chi connectivity index (χ0v) is 16.1. The van der Waals surface area contributed by atoms with Gasteiger partial charge in [-0.25, -0.2) is 0 Å². The van der Waals surface area contributed by atoms with Crippen LogP contribution in [-0.4, -0.2) is 32.9 Å². The SMILES string of the molecule is Cc1ccccc1-c1cc(O)c2c(c1)CN(Cc1cnn(C)c1C)CCO2. The van der Waals surface area contributed by atoms with Crippen molar-refractivity contribution in [2.45, 2.75) is 26.9 Å². The quantitative estimate of drug-likeness (QED) is 0.769. The number of aromatic hydroxyl groups is 1. The van der Waals surface area contributed by atoms with E-state index in [1.165, 1.54) is 16.8 Å². The summed E-state index contributed by atoms with van der Waals surface area (Å²) in [7, 11) is 1.96. The zero-order valence-electron chi connectivity index (χ0n) is 16.1. The molecule has 2 aromatic carbocycles. The van der Waals surface area contributed by atoms with Gasteiger partial charge in [0.15, 0.2) is 11.5 Å². The van der Waals surface area contributed by atoms with E-state index in [0.29, 0.717) is 12.4 Å². The Morgan fingerprint density at radius 2 is 2.00 bits per heavy atom. The van der Waals surface area contributed by atoms with Crippen molar-refractivity contribution in [3.05, 3.63) is 65.0 Å². The van der Waals surface area contributed by atoms with Crippen LogP contribution in [0.15, 0.2) is 42.6 Å². The third-order valence-corrected chi connectivity index (χ3v) is 5.38. The lowest BCUT2D eigenvalue weighted by Crippen LogP contribution is -2.25. The second kappa shape index (κ2) is 7.08. The molecule has 0 fully saturated rings. The summed E-state index contributed by atoms with van der Waals surface area (Å²) in [6, 6.07) is 12.2. The van der Waals surface area contributed by atoms with Gasteiger partial charge in [-0.3, -0.25) is 9.58 Å². The number of hydrogen-bond donors (Lipinski definition) is 1. The Balaban J connectivity index is 1.67. The first-order valence-electron chi connectivity index (χ1n) is 9.27. The molecule has 0 radical (unpaired) electrons. The summed E-state index contributed by atoms with van der Waals surface area (Å²) in [5.41, 5.74) is 6.76. The lowest BCUT2D eigenvalue weighted by atomic mass is 9.98. The third-order valence-electron chi connectivity index (χ3n) is 5.38. The molecule has 0 unspecified atom stereocenters. The van der Waals surface area contributed by atoms with Crippen LogP contribution >= 0.6 is 0 Å². The summed E-state index contributed by atoms with van der Waals surface area (Å²) >= 11 is 0. The highest BCUT2D eigenvalue weighted by atomic mass is 16.5. The molecule has 140 valence electrons. The van der Waals surface area contributed by atoms with E-state index in [1.54, 1.807) is 0 Å². The van der Waals surface area contributed by atoms with E-state index in [1.807, 2.05) is 36.1 Å². The number of benzene rings is 2. The molecule has 27 heavy (non-hydrogen) atoms. The van der Waals surface area contributed by atoms with E-state index >= 15 is 0 Å². The van der Waals surface area contributed by atoms with Crippen molar-refractivity contribution in [2.24, 2.45) is 7.05 Å². The Kier molecular flexibility index (Phi) is 4.62. The number of phenols is 1. The van der Waals surface area contributed by atoms with Crippen LogP contribution in [0.2, 0.25) is 0 Å². The van der Waals surface area contributed by atoms with Crippen LogP contribution < -0.4 is 4.74 Å². The molecule has 0 saturated heterocycles. The second-order valence-corrected chi connectivity index (χ2v) is 7.24. The number of hydrogen-bond acceptors (Lipinski definition) is 4. The first-order valence-corrected chi connectivity index (χ1v) is 9.27. The fourth-order valence-corrected chi connectivity index (χ4v) is 3.68. The van der Waals surface area contributed by atoms with E-state index in [-0.39, 0.29) is 5.75 Å². The Morgan fingerprint density at radius 1 is 1.19 bits per heavy atom. The Hall–Kier alpha value is -2.79. The fraction of sp³-hybridized carbons (Fsp3) is 0.318. The average Bonchev–Trinajstić information content (AvgIpc) is 2.84. The van der Waals surface area contributed by atoms with E-state index in [9.17, 15) is 5.11 Å². The molecule has 1 aromatic heterocycles. The second-order valence-electron chi connectivity index (χ2n) is 7.24. The van der Waals surface area contributed by atoms with Gasteiger partial charge in [0.2, 0.25) is 0 Å². The smallest absolute Gasteiger partial charge is 0.165 e. The van der Waals surface area contributed by atoms with Gasteiger partial charge in [0.1, 0.15) is 6.61 Å². The molecule has 0 aliphatic carbocycles. The first kappa shape index (κ1) is 17.6. The molecule has 1 aliphatic rings. The number of aromatic nitrogens is 2. The van der Waals surface area contributed by atoms with Gasteiger partial charge < -0.3 is 9.84 Å². The molecule has 1 aliphatic heterocycles. The molecule has 5 heteroatoms. The van der Waals surface area contributed by atoms with E-state index in [0.717, 1.165) is 36.3 Å². The third kappa shape index (κ3) is 3.43. The molecule has 0 saturated carbocycles. The van der Waals surface area contributed by atoms with Crippen LogP contribution in [0.3, 0.4) is 0 Å².